The third kappa shape index (κ3) is 14.8. The van der Waals surface area contributed by atoms with Crippen molar-refractivity contribution in [1.29, 1.82) is 0 Å². The molecule has 24 heteroatoms. The number of β-amino-alcohol motifs (C(OH)–C–C–N with tert-alkyl or cyclic N) is 1. The van der Waals surface area contributed by atoms with E-state index in [1.165, 1.54) is 24.3 Å². The summed E-state index contributed by atoms with van der Waals surface area (Å²) in [7, 11) is 0. The van der Waals surface area contributed by atoms with E-state index in [0.717, 1.165) is 9.80 Å². The Labute approximate surface area is 363 Å². The van der Waals surface area contributed by atoms with Gasteiger partial charge in [0.25, 0.3) is 0 Å². The number of amides is 9. The first-order valence-electron chi connectivity index (χ1n) is 19.7. The number of phenols is 1. The quantitative estimate of drug-likeness (QED) is 0.0361. The van der Waals surface area contributed by atoms with Gasteiger partial charge in [-0.2, -0.15) is 25.3 Å². The molecule has 0 aromatic heterocycles. The molecule has 8 atom stereocenters. The molecular weight excluding hydrogens is 839 g/mol. The van der Waals surface area contributed by atoms with Crippen molar-refractivity contribution < 1.29 is 53.4 Å². The number of likely N-dealkylation sites (tertiary alicyclic amines) is 2. The molecule has 2 saturated heterocycles. The molecule has 0 saturated carbocycles. The minimum absolute atomic E-state index is 0.0239. The first-order chi connectivity index (χ1) is 28.9. The van der Waals surface area contributed by atoms with Gasteiger partial charge >= 0.3 is 0 Å². The van der Waals surface area contributed by atoms with Crippen LogP contribution in [0, 0.1) is 0 Å². The maximum Gasteiger partial charge on any atom is 0.246 e. The Morgan fingerprint density at radius 1 is 0.738 bits per heavy atom. The molecular formula is C37H57N11O11S2. The monoisotopic (exact) mass is 895 g/mol. The van der Waals surface area contributed by atoms with Crippen LogP contribution in [-0.2, 0) is 49.6 Å². The number of thiol groups is 2. The zero-order valence-corrected chi connectivity index (χ0v) is 35.3. The van der Waals surface area contributed by atoms with Gasteiger partial charge in [0.2, 0.25) is 53.2 Å². The van der Waals surface area contributed by atoms with Crippen molar-refractivity contribution in [3.8, 4) is 5.75 Å². The number of carbonyl (C=O) groups is 9. The second-order valence-electron chi connectivity index (χ2n) is 14.7. The number of nitrogens with one attached hydrogen (secondary N) is 5. The largest absolute Gasteiger partial charge is 0.508 e. The molecule has 2 aliphatic rings. The molecule has 338 valence electrons. The van der Waals surface area contributed by atoms with Crippen LogP contribution in [0.3, 0.4) is 0 Å². The van der Waals surface area contributed by atoms with Crippen LogP contribution in [0.1, 0.15) is 50.5 Å². The highest BCUT2D eigenvalue weighted by Gasteiger charge is 2.43. The number of carbonyl (C=O) groups excluding carboxylic acids is 9. The molecule has 2 fully saturated rings. The van der Waals surface area contributed by atoms with E-state index in [4.69, 9.17) is 22.9 Å². The van der Waals surface area contributed by atoms with Crippen LogP contribution < -0.4 is 49.5 Å². The van der Waals surface area contributed by atoms with Crippen molar-refractivity contribution in [3.63, 3.8) is 0 Å². The fourth-order valence-electron chi connectivity index (χ4n) is 6.98. The van der Waals surface area contributed by atoms with E-state index in [1.807, 2.05) is 0 Å². The summed E-state index contributed by atoms with van der Waals surface area (Å²) in [5, 5.41) is 32.9. The highest BCUT2D eigenvalue weighted by molar-refractivity contribution is 7.80. The van der Waals surface area contributed by atoms with E-state index in [1.54, 1.807) is 0 Å². The maximum atomic E-state index is 14.2. The molecule has 2 aliphatic heterocycles. The van der Waals surface area contributed by atoms with Crippen LogP contribution >= 0.6 is 25.3 Å². The molecule has 0 unspecified atom stereocenters. The van der Waals surface area contributed by atoms with Gasteiger partial charge in [-0.1, -0.05) is 12.1 Å². The van der Waals surface area contributed by atoms with Gasteiger partial charge in [-0.3, -0.25) is 43.2 Å². The van der Waals surface area contributed by atoms with Crippen molar-refractivity contribution in [2.45, 2.75) is 99.8 Å². The van der Waals surface area contributed by atoms with Crippen LogP contribution in [0.5, 0.6) is 5.75 Å². The number of nitrogens with two attached hydrogens (primary N) is 4. The summed E-state index contributed by atoms with van der Waals surface area (Å²) in [6.45, 7) is -0.364. The fraction of sp³-hybridized carbons (Fsp3) is 0.595. The standard InChI is InChI=1S/C37H57N11O11S2/c38-10-2-1-4-22(32(54)46-25(17-60)31(41)53)43-34(56)27-5-3-11-47(27)36(58)24(14-29(40)51)45-33(55)23(12-19-6-8-20(49)9-7-19)44-35(57)28-13-21(50)16-48(28)37(59)26(18-61)42-30(52)15-39/h6-9,21-28,49-50,60-61H,1-5,10-18,38-39H2,(H2,40,51)(H2,41,53)(H,42,52)(H,43,56)(H,44,57)(H,45,55)(H,46,54)/t21-,22+,23-,24+,25+,26+,27+,28+/m1/s1. The molecule has 22 nitrogen and oxygen atoms in total. The van der Waals surface area contributed by atoms with Crippen molar-refractivity contribution >= 4 is 78.4 Å². The third-order valence-corrected chi connectivity index (χ3v) is 10.9. The number of hydrogen-bond acceptors (Lipinski definition) is 15. The summed E-state index contributed by atoms with van der Waals surface area (Å²) in [6.07, 6.45) is -0.746. The summed E-state index contributed by atoms with van der Waals surface area (Å²) < 4.78 is 0. The average Bonchev–Trinajstić information content (AvgIpc) is 3.88. The number of hydrogen-bond donors (Lipinski definition) is 13. The smallest absolute Gasteiger partial charge is 0.246 e. The fourth-order valence-corrected chi connectivity index (χ4v) is 7.49. The van der Waals surface area contributed by atoms with Gasteiger partial charge in [0.15, 0.2) is 0 Å². The molecule has 2 heterocycles. The normalized spacial score (nSPS) is 19.7. The second kappa shape index (κ2) is 24.3. The molecule has 1 aromatic rings. The number of primary amides is 2. The number of phenolic OH excluding ortho intramolecular Hbond substituents is 1. The van der Waals surface area contributed by atoms with Gasteiger partial charge in [-0.05, 0) is 56.3 Å². The Kier molecular flexibility index (Phi) is 20.0. The van der Waals surface area contributed by atoms with E-state index >= 15 is 0 Å². The van der Waals surface area contributed by atoms with Crippen LogP contribution in [0.2, 0.25) is 0 Å². The number of benzene rings is 1. The minimum atomic E-state index is -1.64. The Hall–Kier alpha value is -5.17. The molecule has 15 N–H and O–H groups in total. The molecule has 61 heavy (non-hydrogen) atoms. The van der Waals surface area contributed by atoms with E-state index < -0.39 is 115 Å². The highest BCUT2D eigenvalue weighted by atomic mass is 32.1. The molecule has 0 radical (unpaired) electrons. The SMILES string of the molecule is NCCCC[C@H](NC(=O)[C@@H]1CCCN1C(=O)[C@H](CC(N)=O)NC(=O)[C@@H](Cc1ccc(O)cc1)NC(=O)[C@@H]1C[C@@H](O)CN1C(=O)[C@H](CS)NC(=O)CN)C(=O)N[C@@H](CS)C(N)=O. The Morgan fingerprint density at radius 2 is 1.33 bits per heavy atom. The third-order valence-electron chi connectivity index (χ3n) is 10.2. The summed E-state index contributed by atoms with van der Waals surface area (Å²) in [5.74, 6) is -7.70. The number of aliphatic hydroxyl groups excluding tert-OH is 1. The molecule has 0 bridgehead atoms. The summed E-state index contributed by atoms with van der Waals surface area (Å²) in [4.78, 5) is 121. The zero-order valence-electron chi connectivity index (χ0n) is 33.5. The van der Waals surface area contributed by atoms with Crippen molar-refractivity contribution in [2.24, 2.45) is 22.9 Å². The summed E-state index contributed by atoms with van der Waals surface area (Å²) in [6, 6.07) is -3.42. The zero-order chi connectivity index (χ0) is 45.4. The Bertz CT molecular complexity index is 1760. The number of aliphatic hydroxyl groups is 1. The lowest BCUT2D eigenvalue weighted by atomic mass is 10.0. The van der Waals surface area contributed by atoms with E-state index in [9.17, 15) is 53.4 Å². The first kappa shape index (κ1) is 50.2. The van der Waals surface area contributed by atoms with E-state index in [2.05, 4.69) is 51.8 Å². The summed E-state index contributed by atoms with van der Waals surface area (Å²) >= 11 is 8.17. The number of rotatable bonds is 23. The number of nitrogens with zero attached hydrogens (tertiary/aromatic N) is 2. The van der Waals surface area contributed by atoms with Crippen LogP contribution in [0.4, 0.5) is 0 Å². The van der Waals surface area contributed by atoms with Crippen molar-refractivity contribution in [1.82, 2.24) is 36.4 Å². The Morgan fingerprint density at radius 3 is 1.92 bits per heavy atom. The lowest BCUT2D eigenvalue weighted by molar-refractivity contribution is -0.144. The van der Waals surface area contributed by atoms with Gasteiger partial charge < -0.3 is 69.5 Å². The molecule has 0 spiro atoms. The van der Waals surface area contributed by atoms with E-state index in [-0.39, 0.29) is 56.0 Å². The van der Waals surface area contributed by atoms with Gasteiger partial charge in [0, 0.05) is 37.4 Å². The van der Waals surface area contributed by atoms with E-state index in [0.29, 0.717) is 31.4 Å². The highest BCUT2D eigenvalue weighted by Crippen LogP contribution is 2.22. The lowest BCUT2D eigenvalue weighted by Crippen LogP contribution is -2.60. The molecule has 1 aromatic carbocycles. The second-order valence-corrected chi connectivity index (χ2v) is 15.5. The molecule has 0 aliphatic carbocycles. The molecule has 9 amide bonds. The topological polar surface area (TPSA) is 365 Å². The van der Waals surface area contributed by atoms with Crippen molar-refractivity contribution in [2.75, 3.05) is 37.7 Å². The maximum absolute atomic E-state index is 14.2. The van der Waals surface area contributed by atoms with Gasteiger partial charge in [0.05, 0.1) is 19.1 Å². The first-order valence-corrected chi connectivity index (χ1v) is 21.0. The van der Waals surface area contributed by atoms with Gasteiger partial charge in [0.1, 0.15) is 48.0 Å². The predicted molar refractivity (Wildman–Crippen MR) is 225 cm³/mol. The van der Waals surface area contributed by atoms with Crippen LogP contribution in [-0.4, -0.2) is 159 Å². The minimum Gasteiger partial charge on any atom is -0.508 e. The number of aromatic hydroxyl groups is 1. The van der Waals surface area contributed by atoms with Gasteiger partial charge in [-0.25, -0.2) is 0 Å². The number of unbranched alkanes of at least 4 members (excludes halogenated alkanes) is 1. The van der Waals surface area contributed by atoms with Crippen molar-refractivity contribution in [3.05, 3.63) is 29.8 Å². The Balaban J connectivity index is 1.87. The summed E-state index contributed by atoms with van der Waals surface area (Å²) in [5.41, 5.74) is 22.3. The van der Waals surface area contributed by atoms with Crippen LogP contribution in [0.25, 0.3) is 0 Å². The molecule has 3 rings (SSSR count). The van der Waals surface area contributed by atoms with Crippen LogP contribution in [0.15, 0.2) is 24.3 Å². The lowest BCUT2D eigenvalue weighted by Gasteiger charge is -2.31. The predicted octanol–water partition coefficient (Wildman–Crippen LogP) is -5.38. The average molecular weight is 896 g/mol. The van der Waals surface area contributed by atoms with Gasteiger partial charge in [-0.15, -0.1) is 0 Å².